The van der Waals surface area contributed by atoms with Gasteiger partial charge >= 0.3 is 6.36 Å². The molecule has 0 spiro atoms. The van der Waals surface area contributed by atoms with Crippen LogP contribution in [0.25, 0.3) is 0 Å². The number of amides is 1. The SMILES string of the molecule is C[C@@H]1C[C@H]1C(=O)N1CCN(S(=O)(=O)c2ccc(OC(F)(F)F)cc2)CC1. The Hall–Kier alpha value is -1.81. The van der Waals surface area contributed by atoms with Gasteiger partial charge in [-0.1, -0.05) is 6.92 Å². The second-order valence-corrected chi connectivity index (χ2v) is 8.51. The average Bonchev–Trinajstić information content (AvgIpc) is 3.30. The molecule has 0 radical (unpaired) electrons. The summed E-state index contributed by atoms with van der Waals surface area (Å²) in [6.07, 6.45) is -3.95. The number of ether oxygens (including phenoxy) is 1. The number of rotatable bonds is 4. The van der Waals surface area contributed by atoms with E-state index < -0.39 is 22.1 Å². The lowest BCUT2D eigenvalue weighted by atomic mass is 10.2. The topological polar surface area (TPSA) is 66.9 Å². The number of alkyl halides is 3. The summed E-state index contributed by atoms with van der Waals surface area (Å²) >= 11 is 0. The van der Waals surface area contributed by atoms with E-state index in [4.69, 9.17) is 0 Å². The summed E-state index contributed by atoms with van der Waals surface area (Å²) in [5.74, 6) is 0.0367. The van der Waals surface area contributed by atoms with Crippen molar-refractivity contribution in [2.45, 2.75) is 24.6 Å². The van der Waals surface area contributed by atoms with Crippen molar-refractivity contribution in [3.8, 4) is 5.75 Å². The van der Waals surface area contributed by atoms with Crippen molar-refractivity contribution in [3.05, 3.63) is 24.3 Å². The van der Waals surface area contributed by atoms with Gasteiger partial charge in [-0.2, -0.15) is 4.31 Å². The molecule has 1 aliphatic carbocycles. The van der Waals surface area contributed by atoms with Crippen LogP contribution in [0.4, 0.5) is 13.2 Å². The van der Waals surface area contributed by atoms with E-state index in [0.717, 1.165) is 30.7 Å². The molecular weight excluding hydrogens is 373 g/mol. The standard InChI is InChI=1S/C16H19F3N2O4S/c1-11-10-14(11)15(22)20-6-8-21(9-7-20)26(23,24)13-4-2-12(3-5-13)25-16(17,18)19/h2-5,11,14H,6-10H2,1H3/t11-,14-/m1/s1. The van der Waals surface area contributed by atoms with Crippen LogP contribution in [0.15, 0.2) is 29.2 Å². The van der Waals surface area contributed by atoms with E-state index in [0.29, 0.717) is 19.0 Å². The monoisotopic (exact) mass is 392 g/mol. The molecule has 1 aromatic rings. The van der Waals surface area contributed by atoms with Crippen LogP contribution in [0.1, 0.15) is 13.3 Å². The third-order valence-electron chi connectivity index (χ3n) is 4.67. The van der Waals surface area contributed by atoms with Crippen LogP contribution >= 0.6 is 0 Å². The third-order valence-corrected chi connectivity index (χ3v) is 6.58. The van der Waals surface area contributed by atoms with Gasteiger partial charge in [0.25, 0.3) is 0 Å². The van der Waals surface area contributed by atoms with E-state index in [9.17, 15) is 26.4 Å². The van der Waals surface area contributed by atoms with E-state index in [1.807, 2.05) is 6.92 Å². The molecule has 2 fully saturated rings. The lowest BCUT2D eigenvalue weighted by molar-refractivity contribution is -0.274. The maximum Gasteiger partial charge on any atom is 0.573 e. The Morgan fingerprint density at radius 1 is 1.12 bits per heavy atom. The maximum atomic E-state index is 12.6. The second kappa shape index (κ2) is 6.73. The van der Waals surface area contributed by atoms with Crippen LogP contribution in [-0.2, 0) is 14.8 Å². The number of hydrogen-bond acceptors (Lipinski definition) is 4. The predicted octanol–water partition coefficient (Wildman–Crippen LogP) is 2.07. The quantitative estimate of drug-likeness (QED) is 0.787. The zero-order valence-corrected chi connectivity index (χ0v) is 14.9. The minimum atomic E-state index is -4.83. The van der Waals surface area contributed by atoms with E-state index in [1.165, 1.54) is 4.31 Å². The molecule has 1 amide bonds. The van der Waals surface area contributed by atoms with Gasteiger partial charge in [-0.15, -0.1) is 13.2 Å². The van der Waals surface area contributed by atoms with E-state index in [2.05, 4.69) is 4.74 Å². The molecule has 0 aromatic heterocycles. The highest BCUT2D eigenvalue weighted by atomic mass is 32.2. The second-order valence-electron chi connectivity index (χ2n) is 6.57. The molecule has 0 N–H and O–H groups in total. The van der Waals surface area contributed by atoms with E-state index in [-0.39, 0.29) is 29.8 Å². The summed E-state index contributed by atoms with van der Waals surface area (Å²) in [5.41, 5.74) is 0. The van der Waals surface area contributed by atoms with Crippen LogP contribution in [-0.4, -0.2) is 56.1 Å². The fourth-order valence-corrected chi connectivity index (χ4v) is 4.43. The molecule has 2 atom stereocenters. The third kappa shape index (κ3) is 4.12. The van der Waals surface area contributed by atoms with Gasteiger partial charge in [0, 0.05) is 32.1 Å². The van der Waals surface area contributed by atoms with Crippen molar-refractivity contribution in [2.24, 2.45) is 11.8 Å². The number of benzene rings is 1. The first-order chi connectivity index (χ1) is 12.1. The molecule has 1 saturated carbocycles. The molecule has 1 saturated heterocycles. The van der Waals surface area contributed by atoms with Gasteiger partial charge in [0.1, 0.15) is 5.75 Å². The number of nitrogens with zero attached hydrogens (tertiary/aromatic N) is 2. The summed E-state index contributed by atoms with van der Waals surface area (Å²) in [4.78, 5) is 13.8. The first kappa shape index (κ1) is 19.0. The number of carbonyl (C=O) groups excluding carboxylic acids is 1. The highest BCUT2D eigenvalue weighted by Gasteiger charge is 2.42. The predicted molar refractivity (Wildman–Crippen MR) is 85.7 cm³/mol. The molecule has 1 aromatic carbocycles. The summed E-state index contributed by atoms with van der Waals surface area (Å²) in [6.45, 7) is 2.97. The van der Waals surface area contributed by atoms with Crippen LogP contribution in [0.5, 0.6) is 5.75 Å². The Kier molecular flexibility index (Phi) is 4.91. The Morgan fingerprint density at radius 2 is 1.65 bits per heavy atom. The zero-order chi connectivity index (χ0) is 19.1. The number of sulfonamides is 1. The highest BCUT2D eigenvalue weighted by molar-refractivity contribution is 7.89. The molecule has 144 valence electrons. The molecule has 3 rings (SSSR count). The molecule has 26 heavy (non-hydrogen) atoms. The zero-order valence-electron chi connectivity index (χ0n) is 14.1. The van der Waals surface area contributed by atoms with Crippen molar-refractivity contribution in [3.63, 3.8) is 0 Å². The van der Waals surface area contributed by atoms with Crippen molar-refractivity contribution >= 4 is 15.9 Å². The Balaban J connectivity index is 1.63. The summed E-state index contributed by atoms with van der Waals surface area (Å²) in [6, 6.07) is 4.10. The number of hydrogen-bond donors (Lipinski definition) is 0. The van der Waals surface area contributed by atoms with Crippen molar-refractivity contribution in [1.82, 2.24) is 9.21 Å². The van der Waals surface area contributed by atoms with Gasteiger partial charge in [0.15, 0.2) is 0 Å². The normalized spacial score (nSPS) is 24.4. The first-order valence-electron chi connectivity index (χ1n) is 8.23. The number of halogens is 3. The van der Waals surface area contributed by atoms with Gasteiger partial charge in [0.2, 0.25) is 15.9 Å². The molecule has 2 aliphatic rings. The molecule has 0 unspecified atom stereocenters. The largest absolute Gasteiger partial charge is 0.573 e. The Morgan fingerprint density at radius 3 is 2.12 bits per heavy atom. The molecule has 0 bridgehead atoms. The minimum absolute atomic E-state index is 0.0549. The summed E-state index contributed by atoms with van der Waals surface area (Å²) in [7, 11) is -3.83. The van der Waals surface area contributed by atoms with E-state index in [1.54, 1.807) is 4.90 Å². The molecular formula is C16H19F3N2O4S. The van der Waals surface area contributed by atoms with Gasteiger partial charge < -0.3 is 9.64 Å². The maximum absolute atomic E-state index is 12.6. The van der Waals surface area contributed by atoms with Gasteiger partial charge in [-0.25, -0.2) is 8.42 Å². The van der Waals surface area contributed by atoms with Crippen LogP contribution < -0.4 is 4.74 Å². The molecule has 1 aliphatic heterocycles. The highest BCUT2D eigenvalue weighted by Crippen LogP contribution is 2.39. The summed E-state index contributed by atoms with van der Waals surface area (Å²) < 4.78 is 66.7. The lowest BCUT2D eigenvalue weighted by Crippen LogP contribution is -2.51. The van der Waals surface area contributed by atoms with Crippen molar-refractivity contribution in [1.29, 1.82) is 0 Å². The fraction of sp³-hybridized carbons (Fsp3) is 0.562. The van der Waals surface area contributed by atoms with E-state index >= 15 is 0 Å². The minimum Gasteiger partial charge on any atom is -0.406 e. The smallest absolute Gasteiger partial charge is 0.406 e. The van der Waals surface area contributed by atoms with Crippen LogP contribution in [0, 0.1) is 11.8 Å². The van der Waals surface area contributed by atoms with Crippen molar-refractivity contribution < 1.29 is 31.1 Å². The summed E-state index contributed by atoms with van der Waals surface area (Å²) in [5, 5.41) is 0. The van der Waals surface area contributed by atoms with Crippen molar-refractivity contribution in [2.75, 3.05) is 26.2 Å². The van der Waals surface area contributed by atoms with Gasteiger partial charge in [0.05, 0.1) is 4.90 Å². The first-order valence-corrected chi connectivity index (χ1v) is 9.67. The molecule has 6 nitrogen and oxygen atoms in total. The van der Waals surface area contributed by atoms with Gasteiger partial charge in [-0.3, -0.25) is 4.79 Å². The average molecular weight is 392 g/mol. The number of carbonyl (C=O) groups is 1. The van der Waals surface area contributed by atoms with Gasteiger partial charge in [-0.05, 0) is 36.6 Å². The fourth-order valence-electron chi connectivity index (χ4n) is 3.01. The van der Waals surface area contributed by atoms with Crippen LogP contribution in [0.3, 0.4) is 0 Å². The Labute approximate surface area is 149 Å². The lowest BCUT2D eigenvalue weighted by Gasteiger charge is -2.34. The Bertz CT molecular complexity index is 772. The molecule has 10 heteroatoms. The molecule has 1 heterocycles. The number of piperazine rings is 1. The van der Waals surface area contributed by atoms with Crippen LogP contribution in [0.2, 0.25) is 0 Å².